The molecule has 1 fully saturated rings. The van der Waals surface area contributed by atoms with Crippen molar-refractivity contribution in [3.63, 3.8) is 0 Å². The lowest BCUT2D eigenvalue weighted by Gasteiger charge is -2.48. The molecule has 12 nitrogen and oxygen atoms in total. The zero-order valence-electron chi connectivity index (χ0n) is 28.5. The Morgan fingerprint density at radius 1 is 0.830 bits per heavy atom. The van der Waals surface area contributed by atoms with Gasteiger partial charge in [0.25, 0.3) is 0 Å². The van der Waals surface area contributed by atoms with E-state index < -0.39 is 59.2 Å². The zero-order chi connectivity index (χ0) is 34.8. The fourth-order valence-electron chi connectivity index (χ4n) is 5.24. The van der Waals surface area contributed by atoms with Crippen LogP contribution >= 0.6 is 0 Å². The Morgan fingerprint density at radius 2 is 1.36 bits per heavy atom. The number of esters is 1. The Morgan fingerprint density at radius 3 is 1.87 bits per heavy atom. The predicted octanol–water partition coefficient (Wildman–Crippen LogP) is 4.56. The molecule has 3 rings (SSSR count). The van der Waals surface area contributed by atoms with Crippen LogP contribution in [0.3, 0.4) is 0 Å². The van der Waals surface area contributed by atoms with Gasteiger partial charge in [-0.3, -0.25) is 14.4 Å². The first-order valence-corrected chi connectivity index (χ1v) is 15.7. The number of hydrogen-bond donors (Lipinski definition) is 2. The van der Waals surface area contributed by atoms with Crippen LogP contribution in [0.1, 0.15) is 71.9 Å². The van der Waals surface area contributed by atoms with E-state index in [-0.39, 0.29) is 39.0 Å². The molecule has 256 valence electrons. The van der Waals surface area contributed by atoms with Crippen molar-refractivity contribution < 1.29 is 38.2 Å². The fraction of sp³-hybridized carbons (Fsp3) is 0.514. The summed E-state index contributed by atoms with van der Waals surface area (Å²) in [7, 11) is 1.18. The minimum Gasteiger partial charge on any atom is -0.469 e. The summed E-state index contributed by atoms with van der Waals surface area (Å²) in [5, 5.41) is 5.55. The van der Waals surface area contributed by atoms with E-state index >= 15 is 0 Å². The molecule has 1 atom stereocenters. The number of rotatable bonds is 10. The number of alkyl carbamates (subject to hydrolysis) is 1. The largest absolute Gasteiger partial charge is 0.469 e. The molecule has 0 spiro atoms. The Balaban J connectivity index is 2.06. The monoisotopic (exact) mass is 652 g/mol. The molecule has 1 saturated heterocycles. The summed E-state index contributed by atoms with van der Waals surface area (Å²) < 4.78 is 15.9. The van der Waals surface area contributed by atoms with Crippen LogP contribution < -0.4 is 10.6 Å². The van der Waals surface area contributed by atoms with Crippen molar-refractivity contribution in [2.45, 2.75) is 96.7 Å². The lowest BCUT2D eigenvalue weighted by atomic mass is 9.83. The highest BCUT2D eigenvalue weighted by Gasteiger charge is 2.51. The SMILES string of the molecule is COC(=O)C[C@H](NC(=O)OC(C)(C)C)C(=O)N(Cc1ccccc1)C1(C(=O)NCc2ccccc2)CCN(C(=O)OC(C)(C)C)CC1. The third kappa shape index (κ3) is 11.0. The van der Waals surface area contributed by atoms with Crippen molar-refractivity contribution in [3.8, 4) is 0 Å². The maximum Gasteiger partial charge on any atom is 0.410 e. The molecule has 1 aliphatic rings. The van der Waals surface area contributed by atoms with Crippen LogP contribution in [0.5, 0.6) is 0 Å². The standard InChI is InChI=1S/C35H48N4O8/c1-33(2,3)46-31(43)37-27(22-28(40)45-7)29(41)39(24-26-16-12-9-13-17-26)35(30(42)36-23-25-14-10-8-11-15-25)18-20-38(21-19-35)32(44)47-34(4,5)6/h8-17,27H,18-24H2,1-7H3,(H,36,42)(H,37,43)/t27-/m0/s1. The van der Waals surface area contributed by atoms with Crippen molar-refractivity contribution in [2.75, 3.05) is 20.2 Å². The van der Waals surface area contributed by atoms with E-state index in [1.54, 1.807) is 41.5 Å². The molecular formula is C35H48N4O8. The van der Waals surface area contributed by atoms with Crippen molar-refractivity contribution in [1.82, 2.24) is 20.4 Å². The van der Waals surface area contributed by atoms with Crippen molar-refractivity contribution in [2.24, 2.45) is 0 Å². The minimum absolute atomic E-state index is 0.0153. The van der Waals surface area contributed by atoms with Gasteiger partial charge in [-0.15, -0.1) is 0 Å². The molecule has 0 aliphatic carbocycles. The number of benzene rings is 2. The molecular weight excluding hydrogens is 604 g/mol. The maximum atomic E-state index is 14.6. The van der Waals surface area contributed by atoms with E-state index in [1.807, 2.05) is 60.7 Å². The first-order chi connectivity index (χ1) is 22.0. The Kier molecular flexibility index (Phi) is 12.4. The number of hydrogen-bond acceptors (Lipinski definition) is 8. The second-order valence-electron chi connectivity index (χ2n) is 13.6. The summed E-state index contributed by atoms with van der Waals surface area (Å²) in [6, 6.07) is 17.0. The van der Waals surface area contributed by atoms with Gasteiger partial charge in [0.2, 0.25) is 11.8 Å². The van der Waals surface area contributed by atoms with Gasteiger partial charge in [0.15, 0.2) is 0 Å². The van der Waals surface area contributed by atoms with Crippen LogP contribution in [0.15, 0.2) is 60.7 Å². The van der Waals surface area contributed by atoms with Crippen LogP contribution in [-0.4, -0.2) is 82.8 Å². The van der Waals surface area contributed by atoms with Gasteiger partial charge in [-0.2, -0.15) is 0 Å². The molecule has 1 aliphatic heterocycles. The van der Waals surface area contributed by atoms with Gasteiger partial charge in [-0.25, -0.2) is 9.59 Å². The molecule has 12 heteroatoms. The first kappa shape index (κ1) is 36.9. The Bertz CT molecular complexity index is 1380. The summed E-state index contributed by atoms with van der Waals surface area (Å²) in [5.41, 5.74) is -1.48. The number of carbonyl (C=O) groups excluding carboxylic acids is 5. The number of methoxy groups -OCH3 is 1. The lowest BCUT2D eigenvalue weighted by molar-refractivity contribution is -0.156. The van der Waals surface area contributed by atoms with Gasteiger partial charge >= 0.3 is 18.2 Å². The van der Waals surface area contributed by atoms with Crippen LogP contribution in [-0.2, 0) is 41.7 Å². The number of ether oxygens (including phenoxy) is 3. The van der Waals surface area contributed by atoms with Crippen molar-refractivity contribution in [3.05, 3.63) is 71.8 Å². The number of nitrogens with one attached hydrogen (secondary N) is 2. The Hall–Kier alpha value is -4.61. The normalized spacial score (nSPS) is 15.1. The molecule has 4 amide bonds. The van der Waals surface area contributed by atoms with E-state index in [0.717, 1.165) is 11.1 Å². The first-order valence-electron chi connectivity index (χ1n) is 15.7. The zero-order valence-corrected chi connectivity index (χ0v) is 28.5. The highest BCUT2D eigenvalue weighted by Crippen LogP contribution is 2.33. The summed E-state index contributed by atoms with van der Waals surface area (Å²) in [4.78, 5) is 70.4. The van der Waals surface area contributed by atoms with E-state index in [1.165, 1.54) is 16.9 Å². The molecule has 2 aromatic rings. The van der Waals surface area contributed by atoms with Gasteiger partial charge in [-0.1, -0.05) is 60.7 Å². The lowest BCUT2D eigenvalue weighted by Crippen LogP contribution is -2.67. The topological polar surface area (TPSA) is 144 Å². The average Bonchev–Trinajstić information content (AvgIpc) is 3.01. The molecule has 0 saturated carbocycles. The van der Waals surface area contributed by atoms with Gasteiger partial charge in [0.1, 0.15) is 22.8 Å². The summed E-state index contributed by atoms with van der Waals surface area (Å²) in [5.74, 6) is -1.84. The quantitative estimate of drug-likeness (QED) is 0.281. The van der Waals surface area contributed by atoms with E-state index in [2.05, 4.69) is 10.6 Å². The molecule has 0 aromatic heterocycles. The molecule has 1 heterocycles. The fourth-order valence-corrected chi connectivity index (χ4v) is 5.24. The number of carbonyl (C=O) groups is 5. The molecule has 0 unspecified atom stereocenters. The smallest absolute Gasteiger partial charge is 0.410 e. The van der Waals surface area contributed by atoms with Crippen molar-refractivity contribution >= 4 is 30.0 Å². The molecule has 0 bridgehead atoms. The van der Waals surface area contributed by atoms with Crippen LogP contribution in [0.4, 0.5) is 9.59 Å². The summed E-state index contributed by atoms with van der Waals surface area (Å²) >= 11 is 0. The molecule has 2 aromatic carbocycles. The van der Waals surface area contributed by atoms with Crippen LogP contribution in [0.2, 0.25) is 0 Å². The number of piperidine rings is 1. The van der Waals surface area contributed by atoms with E-state index in [9.17, 15) is 24.0 Å². The number of nitrogens with zero attached hydrogens (tertiary/aromatic N) is 2. The predicted molar refractivity (Wildman–Crippen MR) is 175 cm³/mol. The molecule has 47 heavy (non-hydrogen) atoms. The minimum atomic E-state index is -1.47. The van der Waals surface area contributed by atoms with Crippen LogP contribution in [0, 0.1) is 0 Å². The maximum absolute atomic E-state index is 14.6. The Labute approximate surface area is 277 Å². The molecule has 2 N–H and O–H groups in total. The average molecular weight is 653 g/mol. The highest BCUT2D eigenvalue weighted by atomic mass is 16.6. The van der Waals surface area contributed by atoms with Crippen molar-refractivity contribution in [1.29, 1.82) is 0 Å². The van der Waals surface area contributed by atoms with Crippen LogP contribution in [0.25, 0.3) is 0 Å². The third-order valence-electron chi connectivity index (χ3n) is 7.51. The number of likely N-dealkylation sites (tertiary alicyclic amines) is 1. The molecule has 0 radical (unpaired) electrons. The van der Waals surface area contributed by atoms with E-state index in [4.69, 9.17) is 14.2 Å². The summed E-state index contributed by atoms with van der Waals surface area (Å²) in [6.07, 6.45) is -1.77. The van der Waals surface area contributed by atoms with E-state index in [0.29, 0.717) is 0 Å². The van der Waals surface area contributed by atoms with Gasteiger partial charge in [-0.05, 0) is 65.5 Å². The summed E-state index contributed by atoms with van der Waals surface area (Å²) in [6.45, 7) is 10.8. The highest BCUT2D eigenvalue weighted by molar-refractivity contribution is 5.96. The second-order valence-corrected chi connectivity index (χ2v) is 13.6. The number of amides is 4. The third-order valence-corrected chi connectivity index (χ3v) is 7.51. The van der Waals surface area contributed by atoms with Gasteiger partial charge in [0.05, 0.1) is 13.5 Å². The van der Waals surface area contributed by atoms with Gasteiger partial charge in [0, 0.05) is 26.2 Å². The second kappa shape index (κ2) is 15.8. The van der Waals surface area contributed by atoms with Gasteiger partial charge < -0.3 is 34.6 Å².